The highest BCUT2D eigenvalue weighted by molar-refractivity contribution is 7.47. The molecule has 0 saturated heterocycles. The first kappa shape index (κ1) is 71.4. The molecule has 3 unspecified atom stereocenters. The van der Waals surface area contributed by atoms with Gasteiger partial charge in [0.2, 0.25) is 0 Å². The third-order valence-electron chi connectivity index (χ3n) is 13.2. The quantitative estimate of drug-likeness (QED) is 0.0197. The van der Waals surface area contributed by atoms with E-state index in [9.17, 15) is 28.9 Å². The van der Waals surface area contributed by atoms with Gasteiger partial charge in [0.05, 0.1) is 19.8 Å². The van der Waals surface area contributed by atoms with Crippen LogP contribution in [0.15, 0.2) is 48.6 Å². The lowest BCUT2D eigenvalue weighted by atomic mass is 10.0. The highest BCUT2D eigenvalue weighted by atomic mass is 31.2. The molecule has 0 aliphatic heterocycles. The number of allylic oxidation sites excluding steroid dienone is 8. The summed E-state index contributed by atoms with van der Waals surface area (Å²) in [6.45, 7) is 4.54. The predicted octanol–water partition coefficient (Wildman–Crippen LogP) is 18.1. The van der Waals surface area contributed by atoms with E-state index in [1.54, 1.807) is 0 Å². The van der Waals surface area contributed by atoms with Crippen molar-refractivity contribution in [3.8, 4) is 0 Å². The molecule has 0 heterocycles. The van der Waals surface area contributed by atoms with Crippen LogP contribution in [0, 0.1) is 0 Å². The molecule has 0 spiro atoms. The molecule has 0 aliphatic carbocycles. The van der Waals surface area contributed by atoms with Crippen molar-refractivity contribution in [1.82, 2.24) is 0 Å². The van der Waals surface area contributed by atoms with Gasteiger partial charge in [-0.05, 0) is 77.0 Å². The summed E-state index contributed by atoms with van der Waals surface area (Å²) < 4.78 is 39.6. The van der Waals surface area contributed by atoms with Crippen molar-refractivity contribution in [2.24, 2.45) is 0 Å². The molecule has 11 nitrogen and oxygen atoms in total. The SMILES string of the molecule is CC/C=C\C/C=C\C/C=C\CCCCCC(=O)OC(CO)COP(=O)(O)OCC(COC(=O)CCCCCCCCCCC/C=C\CCCCCCCC)OC(=O)CCCCCCCCCCCCCCCCC. The number of hydrogen-bond acceptors (Lipinski definition) is 10. The molecular formula is C62H113O11P. The molecule has 3 atom stereocenters. The molecule has 0 amide bonds. The fourth-order valence-electron chi connectivity index (χ4n) is 8.60. The number of hydrogen-bond donors (Lipinski definition) is 2. The van der Waals surface area contributed by atoms with Gasteiger partial charge < -0.3 is 24.2 Å². The summed E-state index contributed by atoms with van der Waals surface area (Å²) in [4.78, 5) is 48.6. The Labute approximate surface area is 453 Å². The number of rotatable bonds is 57. The van der Waals surface area contributed by atoms with Gasteiger partial charge in [0.25, 0.3) is 0 Å². The first-order valence-electron chi connectivity index (χ1n) is 30.5. The van der Waals surface area contributed by atoms with Crippen LogP contribution in [0.4, 0.5) is 0 Å². The second-order valence-electron chi connectivity index (χ2n) is 20.5. The average molecular weight is 1070 g/mol. The van der Waals surface area contributed by atoms with Crippen LogP contribution in [-0.4, -0.2) is 66.5 Å². The number of phosphoric ester groups is 1. The van der Waals surface area contributed by atoms with Crippen molar-refractivity contribution in [3.05, 3.63) is 48.6 Å². The van der Waals surface area contributed by atoms with Crippen molar-refractivity contribution in [2.75, 3.05) is 26.4 Å². The lowest BCUT2D eigenvalue weighted by Gasteiger charge is -2.21. The van der Waals surface area contributed by atoms with Gasteiger partial charge in [0.15, 0.2) is 6.10 Å². The summed E-state index contributed by atoms with van der Waals surface area (Å²) in [7, 11) is -4.75. The third kappa shape index (κ3) is 54.2. The monoisotopic (exact) mass is 1060 g/mol. The minimum atomic E-state index is -4.75. The smallest absolute Gasteiger partial charge is 0.462 e. The Balaban J connectivity index is 4.69. The van der Waals surface area contributed by atoms with Crippen LogP contribution in [0.1, 0.15) is 290 Å². The van der Waals surface area contributed by atoms with E-state index < -0.39 is 57.8 Å². The van der Waals surface area contributed by atoms with Gasteiger partial charge in [-0.15, -0.1) is 0 Å². The second-order valence-corrected chi connectivity index (χ2v) is 21.9. The molecule has 0 aliphatic rings. The highest BCUT2D eigenvalue weighted by Crippen LogP contribution is 2.43. The minimum absolute atomic E-state index is 0.144. The first-order valence-corrected chi connectivity index (χ1v) is 32.0. The molecule has 0 rings (SSSR count). The maximum Gasteiger partial charge on any atom is 0.472 e. The molecule has 0 aromatic rings. The molecule has 432 valence electrons. The van der Waals surface area contributed by atoms with Crippen molar-refractivity contribution in [2.45, 2.75) is 303 Å². The molecule has 0 aromatic carbocycles. The molecule has 2 N–H and O–H groups in total. The Bertz CT molecular complexity index is 1430. The normalized spacial score (nSPS) is 13.6. The minimum Gasteiger partial charge on any atom is -0.462 e. The molecule has 0 saturated carbocycles. The summed E-state index contributed by atoms with van der Waals surface area (Å²) >= 11 is 0. The molecule has 74 heavy (non-hydrogen) atoms. The number of unbranched alkanes of at least 4 members (excludes halogenated alkanes) is 32. The molecule has 0 bridgehead atoms. The number of ether oxygens (including phenoxy) is 3. The van der Waals surface area contributed by atoms with Crippen molar-refractivity contribution < 1.29 is 52.2 Å². The largest absolute Gasteiger partial charge is 0.472 e. The first-order chi connectivity index (χ1) is 36.2. The topological polar surface area (TPSA) is 155 Å². The van der Waals surface area contributed by atoms with E-state index in [0.717, 1.165) is 77.0 Å². The Kier molecular flexibility index (Phi) is 54.7. The number of carbonyl (C=O) groups excluding carboxylic acids is 3. The Hall–Kier alpha value is -2.56. The average Bonchev–Trinajstić information content (AvgIpc) is 3.39. The number of aliphatic hydroxyl groups excluding tert-OH is 1. The van der Waals surface area contributed by atoms with E-state index in [4.69, 9.17) is 23.3 Å². The summed E-state index contributed by atoms with van der Waals surface area (Å²) in [6.07, 6.45) is 60.7. The van der Waals surface area contributed by atoms with Gasteiger partial charge in [-0.1, -0.05) is 243 Å². The van der Waals surface area contributed by atoms with Gasteiger partial charge in [-0.2, -0.15) is 0 Å². The van der Waals surface area contributed by atoms with Gasteiger partial charge in [0.1, 0.15) is 12.7 Å². The van der Waals surface area contributed by atoms with Crippen LogP contribution >= 0.6 is 7.82 Å². The van der Waals surface area contributed by atoms with E-state index >= 15 is 0 Å². The van der Waals surface area contributed by atoms with Crippen LogP contribution < -0.4 is 0 Å². The Morgan fingerprint density at radius 1 is 0.392 bits per heavy atom. The summed E-state index contributed by atoms with van der Waals surface area (Å²) in [5.41, 5.74) is 0. The fraction of sp³-hybridized carbons (Fsp3) is 0.823. The lowest BCUT2D eigenvalue weighted by Crippen LogP contribution is -2.30. The van der Waals surface area contributed by atoms with E-state index in [1.165, 1.54) is 154 Å². The van der Waals surface area contributed by atoms with Crippen LogP contribution in [0.25, 0.3) is 0 Å². The van der Waals surface area contributed by atoms with Gasteiger partial charge in [-0.3, -0.25) is 23.4 Å². The predicted molar refractivity (Wildman–Crippen MR) is 307 cm³/mol. The van der Waals surface area contributed by atoms with Crippen LogP contribution in [0.2, 0.25) is 0 Å². The molecule has 0 fully saturated rings. The molecular weight excluding hydrogens is 952 g/mol. The zero-order valence-corrected chi connectivity index (χ0v) is 48.7. The van der Waals surface area contributed by atoms with Crippen molar-refractivity contribution >= 4 is 25.7 Å². The van der Waals surface area contributed by atoms with Crippen LogP contribution in [-0.2, 0) is 42.2 Å². The zero-order valence-electron chi connectivity index (χ0n) is 47.8. The zero-order chi connectivity index (χ0) is 54.1. The van der Waals surface area contributed by atoms with Crippen molar-refractivity contribution in [1.29, 1.82) is 0 Å². The van der Waals surface area contributed by atoms with Gasteiger partial charge >= 0.3 is 25.7 Å². The molecule has 12 heteroatoms. The van der Waals surface area contributed by atoms with E-state index in [0.29, 0.717) is 19.3 Å². The third-order valence-corrected chi connectivity index (χ3v) is 14.2. The van der Waals surface area contributed by atoms with E-state index in [1.807, 2.05) is 0 Å². The van der Waals surface area contributed by atoms with Crippen molar-refractivity contribution in [3.63, 3.8) is 0 Å². The Morgan fingerprint density at radius 3 is 1.11 bits per heavy atom. The van der Waals surface area contributed by atoms with E-state index in [2.05, 4.69) is 69.4 Å². The molecule has 0 aromatic heterocycles. The van der Waals surface area contributed by atoms with Crippen LogP contribution in [0.5, 0.6) is 0 Å². The number of phosphoric acid groups is 1. The summed E-state index contributed by atoms with van der Waals surface area (Å²) in [6, 6.07) is 0. The van der Waals surface area contributed by atoms with E-state index in [-0.39, 0.29) is 25.9 Å². The van der Waals surface area contributed by atoms with Gasteiger partial charge in [-0.25, -0.2) is 4.57 Å². The second kappa shape index (κ2) is 56.6. The maximum absolute atomic E-state index is 12.9. The van der Waals surface area contributed by atoms with Gasteiger partial charge in [0, 0.05) is 19.3 Å². The fourth-order valence-corrected chi connectivity index (χ4v) is 9.39. The van der Waals surface area contributed by atoms with Crippen LogP contribution in [0.3, 0.4) is 0 Å². The maximum atomic E-state index is 12.9. The Morgan fingerprint density at radius 2 is 0.703 bits per heavy atom. The number of aliphatic hydroxyl groups is 1. The number of esters is 3. The standard InChI is InChI=1S/C62H113O11P/c1-4-7-10-13-16-19-22-25-27-28-29-30-32-34-36-39-42-45-48-51-60(64)69-55-59(73-62(66)53-50-47-44-41-38-35-31-26-23-20-17-14-11-8-5-2)57-71-74(67,68)70-56-58(54-63)72-61(65)52-49-46-43-40-37-33-24-21-18-15-12-9-6-3/h9,12,18,21,25,27,33,37,58-59,63H,4-8,10-11,13-17,19-20,22-24,26,28-32,34-36,38-57H2,1-3H3,(H,67,68)/b12-9-,21-18-,27-25-,37-33-. The summed E-state index contributed by atoms with van der Waals surface area (Å²) in [5, 5.41) is 9.81. The lowest BCUT2D eigenvalue weighted by molar-refractivity contribution is -0.161. The number of carbonyl (C=O) groups is 3. The molecule has 0 radical (unpaired) electrons. The summed E-state index contributed by atoms with van der Waals surface area (Å²) in [5.74, 6) is -1.48. The highest BCUT2D eigenvalue weighted by Gasteiger charge is 2.28.